The Morgan fingerprint density at radius 2 is 1.72 bits per heavy atom. The molecule has 0 fully saturated rings. The number of hydrogen-bond donors (Lipinski definition) is 0. The summed E-state index contributed by atoms with van der Waals surface area (Å²) in [6.45, 7) is 2.14. The molecule has 9 nitrogen and oxygen atoms in total. The Balaban J connectivity index is 1.56. The summed E-state index contributed by atoms with van der Waals surface area (Å²) in [6, 6.07) is 9.08. The number of para-hydroxylation sites is 2. The second-order valence-electron chi connectivity index (χ2n) is 7.97. The lowest BCUT2D eigenvalue weighted by Crippen LogP contribution is -2.19. The lowest BCUT2D eigenvalue weighted by molar-refractivity contribution is -0.176. The minimum absolute atomic E-state index is 0.0410. The van der Waals surface area contributed by atoms with Crippen LogP contribution in [0, 0.1) is 6.92 Å². The summed E-state index contributed by atoms with van der Waals surface area (Å²) in [5, 5.41) is 0.439. The van der Waals surface area contributed by atoms with E-state index in [1.807, 2.05) is 19.1 Å². The average molecular weight is 588 g/mol. The van der Waals surface area contributed by atoms with Gasteiger partial charge >= 0.3 is 18.2 Å². The van der Waals surface area contributed by atoms with Crippen molar-refractivity contribution in [3.05, 3.63) is 47.8 Å². The minimum Gasteiger partial charge on any atom is -0.462 e. The quantitative estimate of drug-likeness (QED) is 0.141. The molecule has 0 aliphatic heterocycles. The highest BCUT2D eigenvalue weighted by Crippen LogP contribution is 2.30. The number of aromatic nitrogens is 3. The summed E-state index contributed by atoms with van der Waals surface area (Å²) in [4.78, 5) is 33.8. The van der Waals surface area contributed by atoms with Crippen molar-refractivity contribution in [3.63, 3.8) is 0 Å². The Bertz CT molecular complexity index is 1260. The Morgan fingerprint density at radius 3 is 2.49 bits per heavy atom. The largest absolute Gasteiger partial charge is 0.462 e. The van der Waals surface area contributed by atoms with Crippen LogP contribution < -0.4 is 0 Å². The van der Waals surface area contributed by atoms with Crippen LogP contribution in [0.25, 0.3) is 11.0 Å². The van der Waals surface area contributed by atoms with Crippen molar-refractivity contribution >= 4 is 46.6 Å². The van der Waals surface area contributed by atoms with Gasteiger partial charge < -0.3 is 18.9 Å². The van der Waals surface area contributed by atoms with Crippen LogP contribution >= 0.6 is 23.5 Å². The Kier molecular flexibility index (Phi) is 11.9. The third kappa shape index (κ3) is 10.0. The maximum absolute atomic E-state index is 12.8. The number of ether oxygens (including phenoxy) is 4. The number of imidazole rings is 1. The van der Waals surface area contributed by atoms with Gasteiger partial charge in [-0.15, -0.1) is 11.8 Å². The molecule has 1 aromatic carbocycles. The molecule has 3 aromatic rings. The number of benzene rings is 1. The highest BCUT2D eigenvalue weighted by Gasteiger charge is 2.27. The van der Waals surface area contributed by atoms with E-state index in [0.29, 0.717) is 34.3 Å². The summed E-state index contributed by atoms with van der Waals surface area (Å²) < 4.78 is 57.5. The van der Waals surface area contributed by atoms with Crippen LogP contribution in [0.1, 0.15) is 18.2 Å². The van der Waals surface area contributed by atoms with E-state index in [1.165, 1.54) is 23.3 Å². The van der Waals surface area contributed by atoms with Crippen molar-refractivity contribution in [3.8, 4) is 0 Å². The molecule has 0 amide bonds. The number of halogens is 3. The average Bonchev–Trinajstić information content (AvgIpc) is 3.26. The molecule has 0 aliphatic carbocycles. The number of nitrogens with zero attached hydrogens (tertiary/aromatic N) is 3. The smallest absolute Gasteiger partial charge is 0.420 e. The predicted octanol–water partition coefficient (Wildman–Crippen LogP) is 5.27. The number of hydrogen-bond acceptors (Lipinski definition) is 10. The zero-order chi connectivity index (χ0) is 28.3. The van der Waals surface area contributed by atoms with Crippen molar-refractivity contribution in [2.24, 2.45) is 0 Å². The second-order valence-corrected chi connectivity index (χ2v) is 10.1. The Morgan fingerprint density at radius 1 is 0.974 bits per heavy atom. The normalized spacial score (nSPS) is 11.6. The van der Waals surface area contributed by atoms with Gasteiger partial charge in [0.2, 0.25) is 0 Å². The van der Waals surface area contributed by atoms with Gasteiger partial charge in [0.15, 0.2) is 5.16 Å². The number of thioether (sulfide) groups is 2. The van der Waals surface area contributed by atoms with E-state index >= 15 is 0 Å². The summed E-state index contributed by atoms with van der Waals surface area (Å²) >= 11 is 2.89. The van der Waals surface area contributed by atoms with Crippen molar-refractivity contribution in [2.45, 2.75) is 35.8 Å². The zero-order valence-corrected chi connectivity index (χ0v) is 23.0. The monoisotopic (exact) mass is 587 g/mol. The molecule has 2 heterocycles. The molecule has 3 rings (SSSR count). The molecule has 212 valence electrons. The molecule has 0 aliphatic rings. The molecular weight excluding hydrogens is 559 g/mol. The first-order valence-corrected chi connectivity index (χ1v) is 13.8. The number of carbonyl (C=O) groups is 2. The van der Waals surface area contributed by atoms with Gasteiger partial charge in [-0.25, -0.2) is 14.3 Å². The SMILES string of the molecule is CC(=O)OCCOC(=O)n1c(SCc2nccc(SCCOCCOCC(F)(F)F)c2C)nc2ccccc21. The number of pyridine rings is 1. The summed E-state index contributed by atoms with van der Waals surface area (Å²) in [6.07, 6.45) is -3.27. The van der Waals surface area contributed by atoms with E-state index < -0.39 is 24.8 Å². The van der Waals surface area contributed by atoms with Crippen LogP contribution in [0.3, 0.4) is 0 Å². The molecule has 0 bridgehead atoms. The van der Waals surface area contributed by atoms with Gasteiger partial charge in [-0.05, 0) is 30.7 Å². The van der Waals surface area contributed by atoms with Crippen LogP contribution in [-0.4, -0.2) is 78.2 Å². The number of alkyl halides is 3. The van der Waals surface area contributed by atoms with Crippen LogP contribution in [0.4, 0.5) is 18.0 Å². The lowest BCUT2D eigenvalue weighted by atomic mass is 10.2. The van der Waals surface area contributed by atoms with Gasteiger partial charge in [-0.3, -0.25) is 9.78 Å². The first-order valence-electron chi connectivity index (χ1n) is 11.9. The molecular formula is C25H28F3N3O6S2. The Labute approximate surface area is 231 Å². The minimum atomic E-state index is -4.34. The number of rotatable bonds is 14. The number of esters is 1. The highest BCUT2D eigenvalue weighted by molar-refractivity contribution is 7.99. The first-order chi connectivity index (χ1) is 18.7. The van der Waals surface area contributed by atoms with Crippen LogP contribution in [0.2, 0.25) is 0 Å². The third-order valence-electron chi connectivity index (χ3n) is 5.05. The second kappa shape index (κ2) is 15.1. The summed E-state index contributed by atoms with van der Waals surface area (Å²) in [5.74, 6) is 0.587. The molecule has 0 saturated carbocycles. The van der Waals surface area contributed by atoms with Crippen molar-refractivity contribution in [2.75, 3.05) is 45.4 Å². The standard InChI is InChI=1S/C25H28F3N3O6S2/c1-17-20(29-8-7-22(17)38-14-13-34-9-10-35-16-25(26,27)28)15-39-23-30-19-5-3-4-6-21(19)31(23)24(33)37-12-11-36-18(2)32/h3-8H,9-16H2,1-2H3. The van der Waals surface area contributed by atoms with E-state index in [0.717, 1.165) is 16.2 Å². The predicted molar refractivity (Wildman–Crippen MR) is 140 cm³/mol. The molecule has 39 heavy (non-hydrogen) atoms. The van der Waals surface area contributed by atoms with E-state index in [-0.39, 0.29) is 26.4 Å². The molecule has 0 atom stereocenters. The van der Waals surface area contributed by atoms with Gasteiger partial charge in [0.25, 0.3) is 0 Å². The van der Waals surface area contributed by atoms with E-state index in [4.69, 9.17) is 14.2 Å². The van der Waals surface area contributed by atoms with Crippen LogP contribution in [0.15, 0.2) is 46.6 Å². The van der Waals surface area contributed by atoms with E-state index in [9.17, 15) is 22.8 Å². The van der Waals surface area contributed by atoms with Crippen LogP contribution in [0.5, 0.6) is 0 Å². The van der Waals surface area contributed by atoms with E-state index in [2.05, 4.69) is 14.7 Å². The molecule has 0 saturated heterocycles. The fourth-order valence-corrected chi connectivity index (χ4v) is 5.20. The Hall–Kier alpha value is -2.81. The third-order valence-corrected chi connectivity index (χ3v) is 7.12. The van der Waals surface area contributed by atoms with Gasteiger partial charge in [0.05, 0.1) is 36.5 Å². The van der Waals surface area contributed by atoms with Gasteiger partial charge in [-0.1, -0.05) is 23.9 Å². The molecule has 2 aromatic heterocycles. The maximum atomic E-state index is 12.8. The number of carbonyl (C=O) groups excluding carboxylic acids is 2. The van der Waals surface area contributed by atoms with E-state index in [1.54, 1.807) is 36.2 Å². The molecule has 0 spiro atoms. The van der Waals surface area contributed by atoms with Gasteiger partial charge in [-0.2, -0.15) is 13.2 Å². The summed E-state index contributed by atoms with van der Waals surface area (Å²) in [5.41, 5.74) is 3.01. The maximum Gasteiger partial charge on any atom is 0.420 e. The van der Waals surface area contributed by atoms with Crippen LogP contribution in [-0.2, 0) is 29.5 Å². The fourth-order valence-electron chi connectivity index (χ4n) is 3.27. The van der Waals surface area contributed by atoms with Crippen molar-refractivity contribution in [1.82, 2.24) is 14.5 Å². The topological polar surface area (TPSA) is 102 Å². The van der Waals surface area contributed by atoms with Gasteiger partial charge in [0.1, 0.15) is 19.8 Å². The first kappa shape index (κ1) is 30.7. The summed E-state index contributed by atoms with van der Waals surface area (Å²) in [7, 11) is 0. The zero-order valence-electron chi connectivity index (χ0n) is 21.4. The molecule has 0 unspecified atom stereocenters. The highest BCUT2D eigenvalue weighted by atomic mass is 32.2. The van der Waals surface area contributed by atoms with Crippen molar-refractivity contribution < 1.29 is 41.7 Å². The number of fused-ring (bicyclic) bond motifs is 1. The lowest BCUT2D eigenvalue weighted by Gasteiger charge is -2.11. The molecule has 0 radical (unpaired) electrons. The van der Waals surface area contributed by atoms with Crippen molar-refractivity contribution in [1.29, 1.82) is 0 Å². The molecule has 0 N–H and O–H groups in total. The molecule has 14 heteroatoms. The fraction of sp³-hybridized carbons (Fsp3) is 0.440. The van der Waals surface area contributed by atoms with Gasteiger partial charge in [0, 0.05) is 29.5 Å².